The van der Waals surface area contributed by atoms with Gasteiger partial charge in [0.1, 0.15) is 5.82 Å². The second-order valence-electron chi connectivity index (χ2n) is 4.71. The van der Waals surface area contributed by atoms with E-state index in [1.807, 2.05) is 12.2 Å². The van der Waals surface area contributed by atoms with Crippen molar-refractivity contribution in [2.75, 3.05) is 26.3 Å². The molecule has 0 unspecified atom stereocenters. The van der Waals surface area contributed by atoms with Crippen LogP contribution in [0.25, 0.3) is 6.08 Å². The zero-order valence-corrected chi connectivity index (χ0v) is 11.1. The summed E-state index contributed by atoms with van der Waals surface area (Å²) in [6, 6.07) is 6.46. The molecule has 3 nitrogen and oxygen atoms in total. The monoisotopic (exact) mass is 265 g/mol. The molecule has 4 heteroatoms. The van der Waals surface area contributed by atoms with Crippen molar-refractivity contribution in [3.05, 3.63) is 41.7 Å². The number of aliphatic hydroxyl groups excluding tert-OH is 1. The molecule has 1 fully saturated rings. The zero-order chi connectivity index (χ0) is 13.7. The van der Waals surface area contributed by atoms with Gasteiger partial charge < -0.3 is 9.84 Å². The van der Waals surface area contributed by atoms with Gasteiger partial charge in [0.25, 0.3) is 0 Å². The van der Waals surface area contributed by atoms with E-state index in [0.29, 0.717) is 13.2 Å². The van der Waals surface area contributed by atoms with Gasteiger partial charge in [-0.15, -0.1) is 0 Å². The number of hydrogen-bond donors (Lipinski definition) is 1. The van der Waals surface area contributed by atoms with Crippen molar-refractivity contribution in [1.82, 2.24) is 4.90 Å². The maximum atomic E-state index is 12.8. The molecule has 1 aliphatic heterocycles. The van der Waals surface area contributed by atoms with Crippen LogP contribution in [0.2, 0.25) is 0 Å². The van der Waals surface area contributed by atoms with Crippen LogP contribution in [0.1, 0.15) is 12.5 Å². The lowest BCUT2D eigenvalue weighted by molar-refractivity contribution is 0.0912. The van der Waals surface area contributed by atoms with Crippen molar-refractivity contribution in [1.29, 1.82) is 0 Å². The van der Waals surface area contributed by atoms with E-state index < -0.39 is 6.10 Å². The predicted octanol–water partition coefficient (Wildman–Crippen LogP) is 1.92. The maximum absolute atomic E-state index is 12.8. The van der Waals surface area contributed by atoms with Crippen molar-refractivity contribution in [3.63, 3.8) is 0 Å². The number of nitrogens with zero attached hydrogens (tertiary/aromatic N) is 1. The van der Waals surface area contributed by atoms with Crippen LogP contribution in [0.5, 0.6) is 0 Å². The minimum atomic E-state index is -0.404. The summed E-state index contributed by atoms with van der Waals surface area (Å²) in [5, 5.41) is 9.80. The molecule has 0 spiro atoms. The summed E-state index contributed by atoms with van der Waals surface area (Å²) in [6.07, 6.45) is 3.59. The maximum Gasteiger partial charge on any atom is 0.123 e. The first-order valence-electron chi connectivity index (χ1n) is 6.62. The molecule has 0 amide bonds. The first-order chi connectivity index (χ1) is 9.20. The number of halogens is 1. The van der Waals surface area contributed by atoms with Crippen molar-refractivity contribution in [2.45, 2.75) is 19.1 Å². The average Bonchev–Trinajstić information content (AvgIpc) is 2.83. The third kappa shape index (κ3) is 3.86. The molecule has 1 N–H and O–H groups in total. The molecule has 0 bridgehead atoms. The number of rotatable bonds is 5. The van der Waals surface area contributed by atoms with Crippen LogP contribution in [0, 0.1) is 5.82 Å². The first kappa shape index (κ1) is 14.2. The van der Waals surface area contributed by atoms with Gasteiger partial charge in [-0.2, -0.15) is 0 Å². The van der Waals surface area contributed by atoms with Gasteiger partial charge in [-0.25, -0.2) is 4.39 Å². The first-order valence-corrected chi connectivity index (χ1v) is 6.62. The van der Waals surface area contributed by atoms with Gasteiger partial charge in [0.2, 0.25) is 0 Å². The molecule has 19 heavy (non-hydrogen) atoms. The summed E-state index contributed by atoms with van der Waals surface area (Å²) in [5.74, 6) is -0.224. The van der Waals surface area contributed by atoms with Crippen LogP contribution in [-0.2, 0) is 4.74 Å². The molecule has 2 atom stereocenters. The summed E-state index contributed by atoms with van der Waals surface area (Å²) in [6.45, 7) is 4.68. The number of likely N-dealkylation sites (N-methyl/N-ethyl adjacent to an activating group) is 1. The van der Waals surface area contributed by atoms with Crippen LogP contribution in [0.4, 0.5) is 4.39 Å². The Kier molecular flexibility index (Phi) is 5.07. The quantitative estimate of drug-likeness (QED) is 0.883. The van der Waals surface area contributed by atoms with E-state index in [9.17, 15) is 9.50 Å². The van der Waals surface area contributed by atoms with E-state index in [4.69, 9.17) is 4.74 Å². The molecule has 1 aliphatic rings. The van der Waals surface area contributed by atoms with Gasteiger partial charge in [0, 0.05) is 6.54 Å². The SMILES string of the molecule is CCN(C/C=C/c1ccc(F)cc1)[C@H]1COC[C@@H]1O. The Labute approximate surface area is 113 Å². The fourth-order valence-corrected chi connectivity index (χ4v) is 2.28. The zero-order valence-electron chi connectivity index (χ0n) is 11.1. The van der Waals surface area contributed by atoms with Crippen molar-refractivity contribution < 1.29 is 14.2 Å². The third-order valence-corrected chi connectivity index (χ3v) is 3.42. The Bertz CT molecular complexity index is 419. The minimum Gasteiger partial charge on any atom is -0.389 e. The smallest absolute Gasteiger partial charge is 0.123 e. The highest BCUT2D eigenvalue weighted by Crippen LogP contribution is 2.13. The molecule has 1 aromatic rings. The number of hydrogen-bond acceptors (Lipinski definition) is 3. The van der Waals surface area contributed by atoms with Crippen LogP contribution in [-0.4, -0.2) is 48.5 Å². The molecule has 0 radical (unpaired) electrons. The molecule has 1 aromatic carbocycles. The Morgan fingerprint density at radius 1 is 1.37 bits per heavy atom. The highest BCUT2D eigenvalue weighted by Gasteiger charge is 2.30. The summed E-state index contributed by atoms with van der Waals surface area (Å²) < 4.78 is 18.0. The highest BCUT2D eigenvalue weighted by atomic mass is 19.1. The topological polar surface area (TPSA) is 32.7 Å². The average molecular weight is 265 g/mol. The number of benzene rings is 1. The van der Waals surface area contributed by atoms with Crippen LogP contribution >= 0.6 is 0 Å². The molecule has 1 heterocycles. The van der Waals surface area contributed by atoms with E-state index >= 15 is 0 Å². The van der Waals surface area contributed by atoms with E-state index in [-0.39, 0.29) is 11.9 Å². The Morgan fingerprint density at radius 3 is 2.68 bits per heavy atom. The molecule has 0 aliphatic carbocycles. The molecule has 0 saturated carbocycles. The van der Waals surface area contributed by atoms with Gasteiger partial charge >= 0.3 is 0 Å². The van der Waals surface area contributed by atoms with Crippen molar-refractivity contribution >= 4 is 6.08 Å². The second kappa shape index (κ2) is 6.80. The Morgan fingerprint density at radius 2 is 2.11 bits per heavy atom. The fraction of sp³-hybridized carbons (Fsp3) is 0.467. The normalized spacial score (nSPS) is 23.6. The lowest BCUT2D eigenvalue weighted by atomic mass is 10.1. The second-order valence-corrected chi connectivity index (χ2v) is 4.71. The van der Waals surface area contributed by atoms with Gasteiger partial charge in [-0.3, -0.25) is 4.90 Å². The molecular formula is C15H20FNO2. The number of ether oxygens (including phenoxy) is 1. The Balaban J connectivity index is 1.90. The fourth-order valence-electron chi connectivity index (χ4n) is 2.28. The van der Waals surface area contributed by atoms with Crippen molar-refractivity contribution in [2.24, 2.45) is 0 Å². The summed E-state index contributed by atoms with van der Waals surface area (Å²) >= 11 is 0. The lowest BCUT2D eigenvalue weighted by Crippen LogP contribution is -2.42. The van der Waals surface area contributed by atoms with E-state index in [1.54, 1.807) is 12.1 Å². The third-order valence-electron chi connectivity index (χ3n) is 3.42. The molecule has 104 valence electrons. The summed E-state index contributed by atoms with van der Waals surface area (Å²) in [7, 11) is 0. The molecule has 2 rings (SSSR count). The lowest BCUT2D eigenvalue weighted by Gasteiger charge is -2.27. The predicted molar refractivity (Wildman–Crippen MR) is 73.3 cm³/mol. The van der Waals surface area contributed by atoms with Crippen LogP contribution < -0.4 is 0 Å². The van der Waals surface area contributed by atoms with Gasteiger partial charge in [-0.05, 0) is 24.2 Å². The van der Waals surface area contributed by atoms with Gasteiger partial charge in [-0.1, -0.05) is 31.2 Å². The van der Waals surface area contributed by atoms with E-state index in [2.05, 4.69) is 11.8 Å². The van der Waals surface area contributed by atoms with E-state index in [1.165, 1.54) is 12.1 Å². The number of aliphatic hydroxyl groups is 1. The van der Waals surface area contributed by atoms with Gasteiger partial charge in [0.15, 0.2) is 0 Å². The molecular weight excluding hydrogens is 245 g/mol. The molecule has 0 aromatic heterocycles. The van der Waals surface area contributed by atoms with Crippen molar-refractivity contribution in [3.8, 4) is 0 Å². The van der Waals surface area contributed by atoms with Gasteiger partial charge in [0.05, 0.1) is 25.4 Å². The molecule has 1 saturated heterocycles. The Hall–Kier alpha value is -1.23. The highest BCUT2D eigenvalue weighted by molar-refractivity contribution is 5.48. The van der Waals surface area contributed by atoms with Crippen LogP contribution in [0.15, 0.2) is 30.3 Å². The largest absolute Gasteiger partial charge is 0.389 e. The van der Waals surface area contributed by atoms with Crippen LogP contribution in [0.3, 0.4) is 0 Å². The summed E-state index contributed by atoms with van der Waals surface area (Å²) in [4.78, 5) is 2.18. The summed E-state index contributed by atoms with van der Waals surface area (Å²) in [5.41, 5.74) is 0.973. The minimum absolute atomic E-state index is 0.0721. The van der Waals surface area contributed by atoms with E-state index in [0.717, 1.165) is 18.7 Å². The standard InChI is InChI=1S/C15H20FNO2/c1-2-17(14-10-19-11-15(14)18)9-3-4-12-5-7-13(16)8-6-12/h3-8,14-15,18H,2,9-11H2,1H3/b4-3+/t14-,15-/m0/s1.